The van der Waals surface area contributed by atoms with E-state index in [1.807, 2.05) is 66.3 Å². The molecule has 3 atom stereocenters. The zero-order valence-corrected chi connectivity index (χ0v) is 20.4. The highest BCUT2D eigenvalue weighted by Crippen LogP contribution is 2.31. The van der Waals surface area contributed by atoms with Crippen LogP contribution in [0.4, 0.5) is 5.82 Å². The first-order chi connectivity index (χ1) is 16.6. The van der Waals surface area contributed by atoms with E-state index in [2.05, 4.69) is 31.3 Å². The van der Waals surface area contributed by atoms with E-state index in [-0.39, 0.29) is 12.1 Å². The van der Waals surface area contributed by atoms with Crippen LogP contribution < -0.4 is 5.32 Å². The largest absolute Gasteiger partial charge is 0.391 e. The molecule has 0 saturated carbocycles. The molecular formula is C28H35N5O. The molecule has 0 saturated heterocycles. The summed E-state index contributed by atoms with van der Waals surface area (Å²) in [5.74, 6) is 1.35. The number of anilines is 1. The summed E-state index contributed by atoms with van der Waals surface area (Å²) in [5, 5.41) is 14.2. The van der Waals surface area contributed by atoms with Gasteiger partial charge in [0.2, 0.25) is 0 Å². The van der Waals surface area contributed by atoms with Gasteiger partial charge in [-0.2, -0.15) is 0 Å². The van der Waals surface area contributed by atoms with E-state index in [0.717, 1.165) is 36.0 Å². The molecule has 0 radical (unpaired) electrons. The van der Waals surface area contributed by atoms with Gasteiger partial charge in [-0.1, -0.05) is 93.3 Å². The summed E-state index contributed by atoms with van der Waals surface area (Å²) in [6.45, 7) is 6.18. The lowest BCUT2D eigenvalue weighted by atomic mass is 10.0. The number of aliphatic hydroxyl groups excluding tert-OH is 1. The standard InChI is InChI=1S/C28H35N5O/c1-4-5-6-13-18-24(21(3)34)33-19-29-25-27(30-20(2)22-14-9-7-10-15-22)31-26(32-28(25)33)23-16-11-8-12-17-23/h7-12,14-17,19-21,24,34H,4-6,13,18H2,1-3H3,(H,30,31,32)/t20-,21+,24+/m1/s1. The monoisotopic (exact) mass is 457 g/mol. The van der Waals surface area contributed by atoms with Gasteiger partial charge in [-0.05, 0) is 25.8 Å². The first kappa shape index (κ1) is 23.9. The average Bonchev–Trinajstić information content (AvgIpc) is 3.29. The van der Waals surface area contributed by atoms with E-state index in [0.29, 0.717) is 11.6 Å². The van der Waals surface area contributed by atoms with Crippen molar-refractivity contribution < 1.29 is 5.11 Å². The molecule has 0 fully saturated rings. The molecule has 4 rings (SSSR count). The van der Waals surface area contributed by atoms with E-state index < -0.39 is 6.10 Å². The third kappa shape index (κ3) is 5.45. The number of hydrogen-bond acceptors (Lipinski definition) is 5. The van der Waals surface area contributed by atoms with Crippen molar-refractivity contribution in [3.8, 4) is 11.4 Å². The zero-order valence-electron chi connectivity index (χ0n) is 20.4. The topological polar surface area (TPSA) is 75.9 Å². The number of nitrogens with zero attached hydrogens (tertiary/aromatic N) is 4. The van der Waals surface area contributed by atoms with Crippen LogP contribution in [0.5, 0.6) is 0 Å². The number of imidazole rings is 1. The van der Waals surface area contributed by atoms with Gasteiger partial charge in [-0.3, -0.25) is 0 Å². The number of aliphatic hydroxyl groups is 1. The number of rotatable bonds is 11. The third-order valence-electron chi connectivity index (χ3n) is 6.37. The minimum atomic E-state index is -0.506. The molecule has 0 amide bonds. The lowest BCUT2D eigenvalue weighted by Crippen LogP contribution is -2.21. The van der Waals surface area contributed by atoms with Crippen molar-refractivity contribution in [1.82, 2.24) is 19.5 Å². The molecular weight excluding hydrogens is 422 g/mol. The highest BCUT2D eigenvalue weighted by Gasteiger charge is 2.23. The smallest absolute Gasteiger partial charge is 0.166 e. The van der Waals surface area contributed by atoms with Gasteiger partial charge in [0.25, 0.3) is 0 Å². The zero-order chi connectivity index (χ0) is 23.9. The molecule has 2 N–H and O–H groups in total. The number of aromatic nitrogens is 4. The van der Waals surface area contributed by atoms with Gasteiger partial charge >= 0.3 is 0 Å². The second kappa shape index (κ2) is 11.3. The maximum atomic E-state index is 10.6. The number of fused-ring (bicyclic) bond motifs is 1. The summed E-state index contributed by atoms with van der Waals surface area (Å²) in [4.78, 5) is 14.5. The van der Waals surface area contributed by atoms with Crippen LogP contribution in [0, 0.1) is 0 Å². The van der Waals surface area contributed by atoms with Gasteiger partial charge in [0.1, 0.15) is 5.52 Å². The van der Waals surface area contributed by atoms with Crippen LogP contribution in [0.1, 0.15) is 70.5 Å². The molecule has 0 aliphatic rings. The Bertz CT molecular complexity index is 1170. The van der Waals surface area contributed by atoms with Crippen LogP contribution in [-0.2, 0) is 0 Å². The Morgan fingerprint density at radius 1 is 0.912 bits per heavy atom. The molecule has 0 unspecified atom stereocenters. The fourth-order valence-corrected chi connectivity index (χ4v) is 4.40. The second-order valence-corrected chi connectivity index (χ2v) is 9.02. The van der Waals surface area contributed by atoms with E-state index in [4.69, 9.17) is 15.0 Å². The predicted molar refractivity (Wildman–Crippen MR) is 139 cm³/mol. The van der Waals surface area contributed by atoms with Crippen molar-refractivity contribution >= 4 is 17.0 Å². The summed E-state index contributed by atoms with van der Waals surface area (Å²) in [6.07, 6.45) is 6.82. The third-order valence-corrected chi connectivity index (χ3v) is 6.37. The van der Waals surface area contributed by atoms with Crippen molar-refractivity contribution in [2.24, 2.45) is 0 Å². The van der Waals surface area contributed by atoms with Crippen LogP contribution in [-0.4, -0.2) is 30.7 Å². The molecule has 0 spiro atoms. The van der Waals surface area contributed by atoms with Crippen LogP contribution in [0.15, 0.2) is 67.0 Å². The second-order valence-electron chi connectivity index (χ2n) is 9.02. The fraction of sp³-hybridized carbons (Fsp3) is 0.393. The Hall–Kier alpha value is -3.25. The fourth-order valence-electron chi connectivity index (χ4n) is 4.40. The average molecular weight is 458 g/mol. The van der Waals surface area contributed by atoms with Gasteiger partial charge in [-0.15, -0.1) is 0 Å². The van der Waals surface area contributed by atoms with Gasteiger partial charge in [0.05, 0.1) is 24.5 Å². The van der Waals surface area contributed by atoms with Crippen molar-refractivity contribution in [3.63, 3.8) is 0 Å². The number of unbranched alkanes of at least 4 members (excludes halogenated alkanes) is 3. The lowest BCUT2D eigenvalue weighted by molar-refractivity contribution is 0.124. The first-order valence-electron chi connectivity index (χ1n) is 12.4. The quantitative estimate of drug-likeness (QED) is 0.250. The molecule has 2 heterocycles. The molecule has 6 nitrogen and oxygen atoms in total. The first-order valence-corrected chi connectivity index (χ1v) is 12.4. The van der Waals surface area contributed by atoms with Crippen molar-refractivity contribution in [3.05, 3.63) is 72.6 Å². The van der Waals surface area contributed by atoms with Crippen molar-refractivity contribution in [2.45, 2.75) is 71.1 Å². The molecule has 0 aliphatic carbocycles. The summed E-state index contributed by atoms with van der Waals surface area (Å²) >= 11 is 0. The summed E-state index contributed by atoms with van der Waals surface area (Å²) in [5.41, 5.74) is 3.59. The number of benzene rings is 2. The molecule has 0 bridgehead atoms. The molecule has 2 aromatic heterocycles. The van der Waals surface area contributed by atoms with Crippen molar-refractivity contribution in [1.29, 1.82) is 0 Å². The molecule has 6 heteroatoms. The van der Waals surface area contributed by atoms with Crippen LogP contribution in [0.3, 0.4) is 0 Å². The minimum absolute atomic E-state index is 0.0506. The molecule has 178 valence electrons. The van der Waals surface area contributed by atoms with E-state index in [1.165, 1.54) is 18.4 Å². The normalized spacial score (nSPS) is 14.1. The Balaban J connectivity index is 1.76. The SMILES string of the molecule is CCCCCC[C@@H]([C@H](C)O)n1cnc2c(N[C@H](C)c3ccccc3)nc(-c3ccccc3)nc21. The van der Waals surface area contributed by atoms with E-state index in [1.54, 1.807) is 0 Å². The summed E-state index contributed by atoms with van der Waals surface area (Å²) < 4.78 is 2.04. The summed E-state index contributed by atoms with van der Waals surface area (Å²) in [7, 11) is 0. The summed E-state index contributed by atoms with van der Waals surface area (Å²) in [6, 6.07) is 20.3. The Morgan fingerprint density at radius 2 is 1.62 bits per heavy atom. The van der Waals surface area contributed by atoms with Gasteiger partial charge in [-0.25, -0.2) is 15.0 Å². The maximum Gasteiger partial charge on any atom is 0.166 e. The van der Waals surface area contributed by atoms with Crippen LogP contribution in [0.25, 0.3) is 22.6 Å². The molecule has 34 heavy (non-hydrogen) atoms. The van der Waals surface area contributed by atoms with Gasteiger partial charge in [0.15, 0.2) is 17.3 Å². The Morgan fingerprint density at radius 3 is 2.29 bits per heavy atom. The molecule has 4 aromatic rings. The predicted octanol–water partition coefficient (Wildman–Crippen LogP) is 6.56. The van der Waals surface area contributed by atoms with Gasteiger partial charge in [0, 0.05) is 5.56 Å². The van der Waals surface area contributed by atoms with E-state index >= 15 is 0 Å². The Kier molecular flexibility index (Phi) is 7.91. The number of hydrogen-bond donors (Lipinski definition) is 2. The Labute approximate surface area is 202 Å². The molecule has 0 aliphatic heterocycles. The highest BCUT2D eigenvalue weighted by atomic mass is 16.3. The molecule has 2 aromatic carbocycles. The minimum Gasteiger partial charge on any atom is -0.391 e. The van der Waals surface area contributed by atoms with Crippen molar-refractivity contribution in [2.75, 3.05) is 5.32 Å². The highest BCUT2D eigenvalue weighted by molar-refractivity contribution is 5.85. The number of nitrogens with one attached hydrogen (secondary N) is 1. The van der Waals surface area contributed by atoms with E-state index in [9.17, 15) is 5.11 Å². The van der Waals surface area contributed by atoms with Gasteiger partial charge < -0.3 is 15.0 Å². The van der Waals surface area contributed by atoms with Crippen LogP contribution in [0.2, 0.25) is 0 Å². The van der Waals surface area contributed by atoms with Crippen LogP contribution >= 0.6 is 0 Å². The maximum absolute atomic E-state index is 10.6. The lowest BCUT2D eigenvalue weighted by Gasteiger charge is -2.22.